The van der Waals surface area contributed by atoms with E-state index in [1.165, 1.54) is 6.20 Å². The third-order valence-corrected chi connectivity index (χ3v) is 0.600. The molecule has 0 aromatic heterocycles. The lowest BCUT2D eigenvalue weighted by atomic mass is 10.6. The molecule has 0 aliphatic carbocycles. The maximum absolute atomic E-state index is 9.77. The highest BCUT2D eigenvalue weighted by molar-refractivity contribution is 5.79. The van der Waals surface area contributed by atoms with Crippen molar-refractivity contribution >= 4 is 5.97 Å². The van der Waals surface area contributed by atoms with Crippen LogP contribution in [0, 0.1) is 0 Å². The summed E-state index contributed by atoms with van der Waals surface area (Å²) < 4.78 is 0. The summed E-state index contributed by atoms with van der Waals surface area (Å²) in [6, 6.07) is 0. The first-order chi connectivity index (χ1) is 4.27. The fourth-order valence-electron chi connectivity index (χ4n) is 0.278. The summed E-state index contributed by atoms with van der Waals surface area (Å²) in [5, 5.41) is 18.8. The highest BCUT2D eigenvalue weighted by atomic mass is 16.4. The molecular weight excluding hydrogens is 122 g/mol. The van der Waals surface area contributed by atoms with Crippen LogP contribution in [0.2, 0.25) is 0 Å². The van der Waals surface area contributed by atoms with Gasteiger partial charge in [-0.25, -0.2) is 4.79 Å². The van der Waals surface area contributed by atoms with Crippen LogP contribution in [0.5, 0.6) is 0 Å². The van der Waals surface area contributed by atoms with Gasteiger partial charge in [0, 0.05) is 18.8 Å². The molecule has 0 aliphatic heterocycles. The third-order valence-electron chi connectivity index (χ3n) is 0.600. The molecule has 0 unspecified atom stereocenters. The highest BCUT2D eigenvalue weighted by Gasteiger charge is 1.81. The van der Waals surface area contributed by atoms with E-state index in [1.807, 2.05) is 0 Å². The van der Waals surface area contributed by atoms with Crippen molar-refractivity contribution in [3.05, 3.63) is 12.3 Å². The minimum atomic E-state index is -1.000. The van der Waals surface area contributed by atoms with Gasteiger partial charge in [-0.05, 0) is 0 Å². The van der Waals surface area contributed by atoms with Gasteiger partial charge in [0.25, 0.3) is 0 Å². The van der Waals surface area contributed by atoms with Gasteiger partial charge in [-0.3, -0.25) is 0 Å². The molecule has 52 valence electrons. The SMILES string of the molecule is O=C(O)/C=C/NCCO. The smallest absolute Gasteiger partial charge is 0.329 e. The summed E-state index contributed by atoms with van der Waals surface area (Å²) in [4.78, 5) is 9.77. The zero-order chi connectivity index (χ0) is 7.11. The molecule has 0 bridgehead atoms. The second-order valence-electron chi connectivity index (χ2n) is 1.35. The van der Waals surface area contributed by atoms with E-state index in [1.54, 1.807) is 0 Å². The molecule has 0 aliphatic rings. The molecule has 0 aromatic rings. The zero-order valence-corrected chi connectivity index (χ0v) is 4.87. The first kappa shape index (κ1) is 7.97. The topological polar surface area (TPSA) is 69.6 Å². The van der Waals surface area contributed by atoms with Crippen LogP contribution in [-0.2, 0) is 4.79 Å². The normalized spacial score (nSPS) is 9.89. The number of carbonyl (C=O) groups is 1. The molecule has 0 saturated carbocycles. The minimum Gasteiger partial charge on any atom is -0.478 e. The van der Waals surface area contributed by atoms with Crippen molar-refractivity contribution in [2.24, 2.45) is 0 Å². The molecule has 4 nitrogen and oxygen atoms in total. The Bertz CT molecular complexity index is 111. The number of carboxylic acid groups (broad SMARTS) is 1. The van der Waals surface area contributed by atoms with Crippen LogP contribution in [-0.4, -0.2) is 29.3 Å². The molecule has 0 rings (SSSR count). The van der Waals surface area contributed by atoms with Crippen molar-refractivity contribution in [1.29, 1.82) is 0 Å². The van der Waals surface area contributed by atoms with Gasteiger partial charge in [0.1, 0.15) is 0 Å². The Morgan fingerprint density at radius 1 is 1.67 bits per heavy atom. The average Bonchev–Trinajstić information content (AvgIpc) is 1.80. The molecule has 0 radical (unpaired) electrons. The number of aliphatic hydroxyl groups is 1. The standard InChI is InChI=1S/C5H9NO3/c7-4-3-6-2-1-5(8)9/h1-2,6-7H,3-4H2,(H,8,9)/b2-1+. The monoisotopic (exact) mass is 131 g/mol. The molecule has 0 aromatic carbocycles. The average molecular weight is 131 g/mol. The Labute approximate surface area is 52.8 Å². The Balaban J connectivity index is 3.15. The lowest BCUT2D eigenvalue weighted by Crippen LogP contribution is -2.10. The summed E-state index contributed by atoms with van der Waals surface area (Å²) in [5.74, 6) is -1.000. The van der Waals surface area contributed by atoms with Crippen LogP contribution >= 0.6 is 0 Å². The van der Waals surface area contributed by atoms with E-state index in [0.717, 1.165) is 6.08 Å². The Kier molecular flexibility index (Phi) is 4.53. The second kappa shape index (κ2) is 5.11. The molecule has 4 heteroatoms. The van der Waals surface area contributed by atoms with E-state index in [9.17, 15) is 4.79 Å². The van der Waals surface area contributed by atoms with Crippen LogP contribution in [0.15, 0.2) is 12.3 Å². The maximum Gasteiger partial charge on any atom is 0.329 e. The van der Waals surface area contributed by atoms with Crippen molar-refractivity contribution in [3.63, 3.8) is 0 Å². The van der Waals surface area contributed by atoms with Gasteiger partial charge in [-0.15, -0.1) is 0 Å². The summed E-state index contributed by atoms with van der Waals surface area (Å²) in [7, 11) is 0. The van der Waals surface area contributed by atoms with Crippen LogP contribution in [0.1, 0.15) is 0 Å². The number of aliphatic hydroxyl groups excluding tert-OH is 1. The highest BCUT2D eigenvalue weighted by Crippen LogP contribution is 1.66. The first-order valence-corrected chi connectivity index (χ1v) is 2.51. The van der Waals surface area contributed by atoms with E-state index in [0.29, 0.717) is 6.54 Å². The van der Waals surface area contributed by atoms with Crippen molar-refractivity contribution in [2.75, 3.05) is 13.2 Å². The fourth-order valence-corrected chi connectivity index (χ4v) is 0.278. The molecule has 0 spiro atoms. The van der Waals surface area contributed by atoms with E-state index in [-0.39, 0.29) is 6.61 Å². The van der Waals surface area contributed by atoms with Crippen molar-refractivity contribution in [1.82, 2.24) is 5.32 Å². The third kappa shape index (κ3) is 6.97. The van der Waals surface area contributed by atoms with Crippen molar-refractivity contribution in [2.45, 2.75) is 0 Å². The Hall–Kier alpha value is -1.03. The molecule has 0 amide bonds. The van der Waals surface area contributed by atoms with Gasteiger partial charge < -0.3 is 15.5 Å². The van der Waals surface area contributed by atoms with E-state index in [2.05, 4.69) is 5.32 Å². The lowest BCUT2D eigenvalue weighted by molar-refractivity contribution is -0.131. The molecule has 9 heavy (non-hydrogen) atoms. The molecule has 0 heterocycles. The lowest BCUT2D eigenvalue weighted by Gasteiger charge is -1.91. The minimum absolute atomic E-state index is 0.00393. The van der Waals surface area contributed by atoms with Crippen molar-refractivity contribution in [3.8, 4) is 0 Å². The number of hydrogen-bond acceptors (Lipinski definition) is 3. The van der Waals surface area contributed by atoms with Gasteiger partial charge in [-0.1, -0.05) is 0 Å². The Morgan fingerprint density at radius 2 is 2.33 bits per heavy atom. The summed E-state index contributed by atoms with van der Waals surface area (Å²) in [5.41, 5.74) is 0. The summed E-state index contributed by atoms with van der Waals surface area (Å²) >= 11 is 0. The van der Waals surface area contributed by atoms with Crippen molar-refractivity contribution < 1.29 is 15.0 Å². The van der Waals surface area contributed by atoms with Gasteiger partial charge >= 0.3 is 5.97 Å². The van der Waals surface area contributed by atoms with E-state index in [4.69, 9.17) is 10.2 Å². The largest absolute Gasteiger partial charge is 0.478 e. The number of aliphatic carboxylic acids is 1. The fraction of sp³-hybridized carbons (Fsp3) is 0.400. The predicted octanol–water partition coefficient (Wildman–Crippen LogP) is -0.833. The molecule has 0 atom stereocenters. The molecule has 3 N–H and O–H groups in total. The number of carboxylic acids is 1. The Morgan fingerprint density at radius 3 is 2.78 bits per heavy atom. The van der Waals surface area contributed by atoms with Gasteiger partial charge in [-0.2, -0.15) is 0 Å². The second-order valence-corrected chi connectivity index (χ2v) is 1.35. The van der Waals surface area contributed by atoms with Crippen LogP contribution in [0.25, 0.3) is 0 Å². The summed E-state index contributed by atoms with van der Waals surface area (Å²) in [6.07, 6.45) is 2.24. The van der Waals surface area contributed by atoms with E-state index >= 15 is 0 Å². The quantitative estimate of drug-likeness (QED) is 0.344. The van der Waals surface area contributed by atoms with Crippen LogP contribution in [0.4, 0.5) is 0 Å². The van der Waals surface area contributed by atoms with Crippen LogP contribution < -0.4 is 5.32 Å². The predicted molar refractivity (Wildman–Crippen MR) is 31.9 cm³/mol. The molecule has 0 fully saturated rings. The zero-order valence-electron chi connectivity index (χ0n) is 4.87. The number of rotatable bonds is 4. The van der Waals surface area contributed by atoms with Gasteiger partial charge in [0.15, 0.2) is 0 Å². The number of hydrogen-bond donors (Lipinski definition) is 3. The van der Waals surface area contributed by atoms with Crippen LogP contribution in [0.3, 0.4) is 0 Å². The molecular formula is C5H9NO3. The van der Waals surface area contributed by atoms with E-state index < -0.39 is 5.97 Å². The number of nitrogens with one attached hydrogen (secondary N) is 1. The summed E-state index contributed by atoms with van der Waals surface area (Å²) in [6.45, 7) is 0.383. The van der Waals surface area contributed by atoms with Gasteiger partial charge in [0.2, 0.25) is 0 Å². The van der Waals surface area contributed by atoms with Gasteiger partial charge in [0.05, 0.1) is 6.61 Å². The maximum atomic E-state index is 9.77. The first-order valence-electron chi connectivity index (χ1n) is 2.51. The molecule has 0 saturated heterocycles.